The molecule has 0 aromatic rings. The highest BCUT2D eigenvalue weighted by Gasteiger charge is 2.18. The van der Waals surface area contributed by atoms with Gasteiger partial charge in [0.2, 0.25) is 0 Å². The number of hydrogen-bond donors (Lipinski definition) is 0. The minimum absolute atomic E-state index is 0.0852. The Morgan fingerprint density at radius 2 is 0.700 bits per heavy atom. The SMILES string of the molecule is CCCCCCCC/C=C\CCCCCCCC(=O)OCC(COC(=O)CCCCCCC/C=C\CCCCCCCC)COC(=O)CCCCCN1CCN(CC)CC1. The lowest BCUT2D eigenvalue weighted by Crippen LogP contribution is -2.46. The lowest BCUT2D eigenvalue weighted by Gasteiger charge is -2.33. The van der Waals surface area contributed by atoms with Gasteiger partial charge in [0, 0.05) is 45.4 Å². The Labute approximate surface area is 370 Å². The molecule has 1 fully saturated rings. The Morgan fingerprint density at radius 1 is 0.400 bits per heavy atom. The molecule has 0 aromatic carbocycles. The van der Waals surface area contributed by atoms with E-state index in [9.17, 15) is 14.4 Å². The van der Waals surface area contributed by atoms with Gasteiger partial charge in [-0.1, -0.05) is 154 Å². The van der Waals surface area contributed by atoms with Gasteiger partial charge in [0.05, 0.1) is 5.92 Å². The van der Waals surface area contributed by atoms with E-state index >= 15 is 0 Å². The van der Waals surface area contributed by atoms with Crippen LogP contribution in [0.3, 0.4) is 0 Å². The second-order valence-corrected chi connectivity index (χ2v) is 17.7. The van der Waals surface area contributed by atoms with E-state index in [0.717, 1.165) is 110 Å². The highest BCUT2D eigenvalue weighted by Crippen LogP contribution is 2.14. The van der Waals surface area contributed by atoms with Gasteiger partial charge in [0.25, 0.3) is 0 Å². The van der Waals surface area contributed by atoms with E-state index in [1.807, 2.05) is 0 Å². The third-order valence-electron chi connectivity index (χ3n) is 12.0. The summed E-state index contributed by atoms with van der Waals surface area (Å²) in [6.07, 6.45) is 44.9. The molecule has 0 bridgehead atoms. The van der Waals surface area contributed by atoms with Crippen molar-refractivity contribution in [3.63, 3.8) is 0 Å². The standard InChI is InChI=1S/C52H96N2O6/c1-4-7-9-11-13-15-17-19-21-23-25-27-29-31-34-38-50(55)58-46-49(48-60-52(57)40-36-33-37-41-54-44-42-53(6-3)43-45-54)47-59-51(56)39-35-32-30-28-26-24-22-20-18-16-14-12-10-8-5-2/h19-22,49H,4-18,23-48H2,1-3H3/b21-19-,22-20-. The molecule has 0 atom stereocenters. The van der Waals surface area contributed by atoms with Crippen LogP contribution in [0.1, 0.15) is 226 Å². The van der Waals surface area contributed by atoms with Crippen LogP contribution in [-0.4, -0.2) is 86.8 Å². The minimum atomic E-state index is -0.369. The van der Waals surface area contributed by atoms with Crippen LogP contribution in [0.15, 0.2) is 24.3 Å². The molecule has 8 nitrogen and oxygen atoms in total. The minimum Gasteiger partial charge on any atom is -0.465 e. The van der Waals surface area contributed by atoms with Gasteiger partial charge in [-0.2, -0.15) is 0 Å². The highest BCUT2D eigenvalue weighted by molar-refractivity contribution is 5.70. The van der Waals surface area contributed by atoms with Gasteiger partial charge >= 0.3 is 17.9 Å². The molecule has 350 valence electrons. The third kappa shape index (κ3) is 37.6. The van der Waals surface area contributed by atoms with E-state index < -0.39 is 0 Å². The average Bonchev–Trinajstić information content (AvgIpc) is 3.26. The first-order valence-corrected chi connectivity index (χ1v) is 25.7. The Hall–Kier alpha value is -2.19. The van der Waals surface area contributed by atoms with Crippen LogP contribution in [0, 0.1) is 5.92 Å². The molecule has 0 aliphatic carbocycles. The van der Waals surface area contributed by atoms with Gasteiger partial charge < -0.3 is 24.0 Å². The number of carbonyl (C=O) groups is 3. The lowest BCUT2D eigenvalue weighted by molar-refractivity contribution is -0.153. The summed E-state index contributed by atoms with van der Waals surface area (Å²) in [5.74, 6) is -1.08. The van der Waals surface area contributed by atoms with Crippen molar-refractivity contribution in [2.75, 3.05) is 59.1 Å². The summed E-state index contributed by atoms with van der Waals surface area (Å²) in [7, 11) is 0. The summed E-state index contributed by atoms with van der Waals surface area (Å²) in [5, 5.41) is 0. The summed E-state index contributed by atoms with van der Waals surface area (Å²) < 4.78 is 16.9. The number of nitrogens with zero attached hydrogens (tertiary/aromatic N) is 2. The number of ether oxygens (including phenoxy) is 3. The Bertz CT molecular complexity index is 984. The van der Waals surface area contributed by atoms with Gasteiger partial charge in [-0.15, -0.1) is 0 Å². The summed E-state index contributed by atoms with van der Waals surface area (Å²) >= 11 is 0. The van der Waals surface area contributed by atoms with Crippen LogP contribution in [0.4, 0.5) is 0 Å². The third-order valence-corrected chi connectivity index (χ3v) is 12.0. The molecule has 0 amide bonds. The van der Waals surface area contributed by atoms with Crippen LogP contribution in [0.25, 0.3) is 0 Å². The number of esters is 3. The summed E-state index contributed by atoms with van der Waals surface area (Å²) in [6, 6.07) is 0. The molecular formula is C52H96N2O6. The molecule has 1 heterocycles. The zero-order valence-corrected chi connectivity index (χ0v) is 39.7. The Morgan fingerprint density at radius 3 is 1.05 bits per heavy atom. The Balaban J connectivity index is 2.28. The number of unbranched alkanes of at least 4 members (excludes halogenated alkanes) is 24. The van der Waals surface area contributed by atoms with Gasteiger partial charge in [-0.05, 0) is 90.1 Å². The van der Waals surface area contributed by atoms with E-state index in [4.69, 9.17) is 14.2 Å². The molecule has 0 saturated carbocycles. The van der Waals surface area contributed by atoms with Crippen LogP contribution in [-0.2, 0) is 28.6 Å². The van der Waals surface area contributed by atoms with E-state index in [1.165, 1.54) is 116 Å². The molecule has 0 N–H and O–H groups in total. The first kappa shape index (κ1) is 55.8. The first-order chi connectivity index (χ1) is 29.5. The van der Waals surface area contributed by atoms with Crippen molar-refractivity contribution < 1.29 is 28.6 Å². The molecule has 0 radical (unpaired) electrons. The zero-order chi connectivity index (χ0) is 43.4. The second-order valence-electron chi connectivity index (χ2n) is 17.7. The molecule has 0 unspecified atom stereocenters. The molecule has 1 rings (SSSR count). The molecular weight excluding hydrogens is 749 g/mol. The van der Waals surface area contributed by atoms with Gasteiger partial charge in [-0.3, -0.25) is 14.4 Å². The number of rotatable bonds is 43. The number of carbonyl (C=O) groups excluding carboxylic acids is 3. The fourth-order valence-electron chi connectivity index (χ4n) is 7.78. The van der Waals surface area contributed by atoms with Gasteiger partial charge in [-0.25, -0.2) is 0 Å². The monoisotopic (exact) mass is 845 g/mol. The molecule has 8 heteroatoms. The maximum Gasteiger partial charge on any atom is 0.305 e. The molecule has 1 aliphatic heterocycles. The Kier molecular flexibility index (Phi) is 40.4. The normalized spacial score (nSPS) is 13.9. The fourth-order valence-corrected chi connectivity index (χ4v) is 7.78. The molecule has 0 aromatic heterocycles. The maximum absolute atomic E-state index is 12.6. The molecule has 0 spiro atoms. The average molecular weight is 845 g/mol. The topological polar surface area (TPSA) is 85.4 Å². The number of piperazine rings is 1. The summed E-state index contributed by atoms with van der Waals surface area (Å²) in [5.41, 5.74) is 0. The van der Waals surface area contributed by atoms with Crippen LogP contribution in [0.5, 0.6) is 0 Å². The molecule has 1 aliphatic rings. The van der Waals surface area contributed by atoms with Crippen molar-refractivity contribution >= 4 is 17.9 Å². The van der Waals surface area contributed by atoms with Gasteiger partial charge in [0.1, 0.15) is 19.8 Å². The molecule has 60 heavy (non-hydrogen) atoms. The van der Waals surface area contributed by atoms with Crippen molar-refractivity contribution in [3.8, 4) is 0 Å². The molecule has 1 saturated heterocycles. The largest absolute Gasteiger partial charge is 0.465 e. The maximum atomic E-state index is 12.6. The quantitative estimate of drug-likeness (QED) is 0.0260. The first-order valence-electron chi connectivity index (χ1n) is 25.7. The van der Waals surface area contributed by atoms with E-state index in [0.29, 0.717) is 19.3 Å². The zero-order valence-electron chi connectivity index (χ0n) is 39.7. The van der Waals surface area contributed by atoms with Crippen molar-refractivity contribution in [3.05, 3.63) is 24.3 Å². The fraction of sp³-hybridized carbons (Fsp3) is 0.865. The van der Waals surface area contributed by atoms with Gasteiger partial charge in [0.15, 0.2) is 0 Å². The highest BCUT2D eigenvalue weighted by atomic mass is 16.6. The summed E-state index contributed by atoms with van der Waals surface area (Å²) in [4.78, 5) is 42.9. The van der Waals surface area contributed by atoms with E-state index in [2.05, 4.69) is 54.9 Å². The van der Waals surface area contributed by atoms with Crippen LogP contribution < -0.4 is 0 Å². The van der Waals surface area contributed by atoms with Crippen molar-refractivity contribution in [1.82, 2.24) is 9.80 Å². The van der Waals surface area contributed by atoms with E-state index in [-0.39, 0.29) is 43.6 Å². The summed E-state index contributed by atoms with van der Waals surface area (Å²) in [6.45, 7) is 13.7. The van der Waals surface area contributed by atoms with E-state index in [1.54, 1.807) is 0 Å². The number of likely N-dealkylation sites (N-methyl/N-ethyl adjacent to an activating group) is 1. The van der Waals surface area contributed by atoms with Crippen molar-refractivity contribution in [2.45, 2.75) is 226 Å². The number of hydrogen-bond acceptors (Lipinski definition) is 8. The van der Waals surface area contributed by atoms with Crippen molar-refractivity contribution in [2.24, 2.45) is 5.92 Å². The van der Waals surface area contributed by atoms with Crippen LogP contribution in [0.2, 0.25) is 0 Å². The van der Waals surface area contributed by atoms with Crippen LogP contribution >= 0.6 is 0 Å². The predicted molar refractivity (Wildman–Crippen MR) is 252 cm³/mol. The lowest BCUT2D eigenvalue weighted by atomic mass is 10.1. The smallest absolute Gasteiger partial charge is 0.305 e. The second kappa shape index (κ2) is 43.5. The van der Waals surface area contributed by atoms with Crippen molar-refractivity contribution in [1.29, 1.82) is 0 Å². The number of allylic oxidation sites excluding steroid dienone is 4. The predicted octanol–water partition coefficient (Wildman–Crippen LogP) is 13.5.